The number of aromatic nitrogens is 2. The van der Waals surface area contributed by atoms with Crippen molar-refractivity contribution in [3.63, 3.8) is 0 Å². The topological polar surface area (TPSA) is 38.2 Å². The van der Waals surface area contributed by atoms with E-state index in [2.05, 4.69) is 45.4 Å². The first-order valence-electron chi connectivity index (χ1n) is 8.17. The van der Waals surface area contributed by atoms with Crippen molar-refractivity contribution in [3.8, 4) is 5.75 Å². The van der Waals surface area contributed by atoms with Gasteiger partial charge in [-0.1, -0.05) is 18.2 Å². The molecule has 1 fully saturated rings. The molecule has 0 radical (unpaired) electrons. The fourth-order valence-corrected chi connectivity index (χ4v) is 3.39. The number of benzene rings is 1. The molecule has 1 saturated heterocycles. The lowest BCUT2D eigenvalue weighted by molar-refractivity contribution is 0.220. The number of hydrogen-bond donors (Lipinski definition) is 0. The average molecular weight is 295 g/mol. The monoisotopic (exact) mass is 295 g/mol. The summed E-state index contributed by atoms with van der Waals surface area (Å²) in [7, 11) is 0. The lowest BCUT2D eigenvalue weighted by Gasteiger charge is -2.25. The molecule has 22 heavy (non-hydrogen) atoms. The molecule has 2 aliphatic heterocycles. The molecule has 0 unspecified atom stereocenters. The van der Waals surface area contributed by atoms with Gasteiger partial charge in [0, 0.05) is 19.0 Å². The molecule has 4 nitrogen and oxygen atoms in total. The zero-order valence-electron chi connectivity index (χ0n) is 12.7. The summed E-state index contributed by atoms with van der Waals surface area (Å²) in [6.45, 7) is 3.00. The molecule has 0 amide bonds. The van der Waals surface area contributed by atoms with Crippen molar-refractivity contribution < 1.29 is 4.74 Å². The Labute approximate surface area is 131 Å². The van der Waals surface area contributed by atoms with Gasteiger partial charge in [-0.2, -0.15) is 5.10 Å². The van der Waals surface area contributed by atoms with Crippen molar-refractivity contribution in [1.82, 2.24) is 10.2 Å². The van der Waals surface area contributed by atoms with Gasteiger partial charge in [0.15, 0.2) is 5.82 Å². The number of ether oxygens (including phenoxy) is 1. The van der Waals surface area contributed by atoms with Gasteiger partial charge in [0.25, 0.3) is 0 Å². The van der Waals surface area contributed by atoms with E-state index >= 15 is 0 Å². The van der Waals surface area contributed by atoms with Crippen LogP contribution < -0.4 is 9.64 Å². The maximum Gasteiger partial charge on any atom is 0.151 e. The Bertz CT molecular complexity index is 635. The second-order valence-corrected chi connectivity index (χ2v) is 6.27. The molecule has 0 spiro atoms. The highest BCUT2D eigenvalue weighted by Gasteiger charge is 2.21. The molecular formula is C18H21N3O. The van der Waals surface area contributed by atoms with E-state index < -0.39 is 0 Å². The standard InChI is InChI=1S/C18H21N3O/c1-2-6-17-15(5-1)11-14(13-22-17)12-16-7-8-18(20-19-16)21-9-3-4-10-21/h1-2,5-8,14H,3-4,9-13H2/t14-/m0/s1. The Hall–Kier alpha value is -2.10. The molecule has 2 aromatic rings. The molecule has 1 aromatic heterocycles. The van der Waals surface area contributed by atoms with Crippen LogP contribution in [0.2, 0.25) is 0 Å². The summed E-state index contributed by atoms with van der Waals surface area (Å²) in [6.07, 6.45) is 4.53. The van der Waals surface area contributed by atoms with Crippen molar-refractivity contribution in [2.75, 3.05) is 24.6 Å². The number of rotatable bonds is 3. The van der Waals surface area contributed by atoms with Gasteiger partial charge in [-0.15, -0.1) is 5.10 Å². The fraction of sp³-hybridized carbons (Fsp3) is 0.444. The van der Waals surface area contributed by atoms with E-state index in [1.807, 2.05) is 6.07 Å². The summed E-state index contributed by atoms with van der Waals surface area (Å²) >= 11 is 0. The molecule has 0 N–H and O–H groups in total. The minimum absolute atomic E-state index is 0.488. The van der Waals surface area contributed by atoms with Crippen LogP contribution in [0.4, 0.5) is 5.82 Å². The van der Waals surface area contributed by atoms with Crippen LogP contribution in [0, 0.1) is 5.92 Å². The summed E-state index contributed by atoms with van der Waals surface area (Å²) in [5.41, 5.74) is 2.37. The van der Waals surface area contributed by atoms with Gasteiger partial charge in [-0.3, -0.25) is 0 Å². The average Bonchev–Trinajstić information content (AvgIpc) is 3.10. The van der Waals surface area contributed by atoms with Crippen LogP contribution >= 0.6 is 0 Å². The maximum atomic E-state index is 5.86. The zero-order chi connectivity index (χ0) is 14.8. The molecule has 114 valence electrons. The van der Waals surface area contributed by atoms with Crippen LogP contribution in [0.15, 0.2) is 36.4 Å². The summed E-state index contributed by atoms with van der Waals surface area (Å²) in [5.74, 6) is 2.54. The van der Waals surface area contributed by atoms with Crippen LogP contribution in [-0.4, -0.2) is 29.9 Å². The largest absolute Gasteiger partial charge is 0.493 e. The van der Waals surface area contributed by atoms with E-state index in [9.17, 15) is 0 Å². The highest BCUT2D eigenvalue weighted by atomic mass is 16.5. The van der Waals surface area contributed by atoms with E-state index in [1.54, 1.807) is 0 Å². The lowest BCUT2D eigenvalue weighted by Crippen LogP contribution is -2.23. The fourth-order valence-electron chi connectivity index (χ4n) is 3.39. The van der Waals surface area contributed by atoms with E-state index in [-0.39, 0.29) is 0 Å². The summed E-state index contributed by atoms with van der Waals surface area (Å²) in [5, 5.41) is 8.83. The Morgan fingerprint density at radius 3 is 2.73 bits per heavy atom. The first-order valence-corrected chi connectivity index (χ1v) is 8.17. The van der Waals surface area contributed by atoms with Gasteiger partial charge < -0.3 is 9.64 Å². The molecular weight excluding hydrogens is 274 g/mol. The third-order valence-corrected chi connectivity index (χ3v) is 4.59. The third kappa shape index (κ3) is 2.78. The number of nitrogens with zero attached hydrogens (tertiary/aromatic N) is 3. The summed E-state index contributed by atoms with van der Waals surface area (Å²) < 4.78 is 5.86. The maximum absolute atomic E-state index is 5.86. The molecule has 0 bridgehead atoms. The van der Waals surface area contributed by atoms with Gasteiger partial charge in [0.2, 0.25) is 0 Å². The minimum Gasteiger partial charge on any atom is -0.493 e. The molecule has 3 heterocycles. The number of fused-ring (bicyclic) bond motifs is 1. The van der Waals surface area contributed by atoms with E-state index in [4.69, 9.17) is 4.74 Å². The van der Waals surface area contributed by atoms with Crippen LogP contribution in [0.5, 0.6) is 5.75 Å². The van der Waals surface area contributed by atoms with E-state index in [0.717, 1.165) is 49.8 Å². The Morgan fingerprint density at radius 2 is 1.91 bits per heavy atom. The Kier molecular flexibility index (Phi) is 3.67. The normalized spacial score (nSPS) is 20.5. The van der Waals surface area contributed by atoms with Crippen molar-refractivity contribution in [1.29, 1.82) is 0 Å². The molecule has 0 aliphatic carbocycles. The van der Waals surface area contributed by atoms with Crippen molar-refractivity contribution >= 4 is 5.82 Å². The molecule has 4 rings (SSSR count). The van der Waals surface area contributed by atoms with Crippen LogP contribution in [-0.2, 0) is 12.8 Å². The highest BCUT2D eigenvalue weighted by molar-refractivity contribution is 5.38. The SMILES string of the molecule is c1ccc2c(c1)C[C@@H](Cc1ccc(N3CCCC3)nn1)CO2. The Morgan fingerprint density at radius 1 is 1.05 bits per heavy atom. The van der Waals surface area contributed by atoms with Crippen LogP contribution in [0.3, 0.4) is 0 Å². The summed E-state index contributed by atoms with van der Waals surface area (Å²) in [6, 6.07) is 12.6. The quantitative estimate of drug-likeness (QED) is 0.873. The van der Waals surface area contributed by atoms with Crippen LogP contribution in [0.25, 0.3) is 0 Å². The smallest absolute Gasteiger partial charge is 0.151 e. The van der Waals surface area contributed by atoms with Gasteiger partial charge >= 0.3 is 0 Å². The van der Waals surface area contributed by atoms with Gasteiger partial charge in [-0.25, -0.2) is 0 Å². The first kappa shape index (κ1) is 13.6. The van der Waals surface area contributed by atoms with Gasteiger partial charge in [0.05, 0.1) is 12.3 Å². The van der Waals surface area contributed by atoms with E-state index in [1.165, 1.54) is 18.4 Å². The number of para-hydroxylation sites is 1. The van der Waals surface area contributed by atoms with Gasteiger partial charge in [0.1, 0.15) is 5.75 Å². The molecule has 2 aliphatic rings. The number of anilines is 1. The van der Waals surface area contributed by atoms with E-state index in [0.29, 0.717) is 5.92 Å². The van der Waals surface area contributed by atoms with Crippen molar-refractivity contribution in [3.05, 3.63) is 47.7 Å². The van der Waals surface area contributed by atoms with Crippen molar-refractivity contribution in [2.45, 2.75) is 25.7 Å². The predicted molar refractivity (Wildman–Crippen MR) is 86.3 cm³/mol. The zero-order valence-corrected chi connectivity index (χ0v) is 12.7. The molecule has 1 atom stereocenters. The Balaban J connectivity index is 1.41. The lowest BCUT2D eigenvalue weighted by atomic mass is 9.93. The second kappa shape index (κ2) is 5.95. The third-order valence-electron chi connectivity index (χ3n) is 4.59. The number of hydrogen-bond acceptors (Lipinski definition) is 4. The first-order chi connectivity index (χ1) is 10.9. The van der Waals surface area contributed by atoms with Crippen molar-refractivity contribution in [2.24, 2.45) is 5.92 Å². The molecule has 1 aromatic carbocycles. The minimum atomic E-state index is 0.488. The predicted octanol–water partition coefficient (Wildman–Crippen LogP) is 2.87. The second-order valence-electron chi connectivity index (χ2n) is 6.27. The molecule has 0 saturated carbocycles. The van der Waals surface area contributed by atoms with Crippen LogP contribution in [0.1, 0.15) is 24.1 Å². The van der Waals surface area contributed by atoms with Gasteiger partial charge in [-0.05, 0) is 49.4 Å². The highest BCUT2D eigenvalue weighted by Crippen LogP contribution is 2.28. The molecule has 4 heteroatoms. The summed E-state index contributed by atoms with van der Waals surface area (Å²) in [4.78, 5) is 2.32.